The Bertz CT molecular complexity index is 393. The van der Waals surface area contributed by atoms with E-state index in [9.17, 15) is 0 Å². The molecular formula is C15H18O2. The summed E-state index contributed by atoms with van der Waals surface area (Å²) in [5, 5.41) is 0. The van der Waals surface area contributed by atoms with Gasteiger partial charge in [-0.3, -0.25) is 0 Å². The molecule has 17 heavy (non-hydrogen) atoms. The van der Waals surface area contributed by atoms with E-state index in [1.54, 1.807) is 0 Å². The van der Waals surface area contributed by atoms with Crippen LogP contribution in [0.15, 0.2) is 54.3 Å². The van der Waals surface area contributed by atoms with Crippen molar-refractivity contribution < 1.29 is 9.47 Å². The lowest BCUT2D eigenvalue weighted by Gasteiger charge is -2.18. The highest BCUT2D eigenvalue weighted by atomic mass is 16.5. The molecule has 0 aliphatic heterocycles. The second-order valence-corrected chi connectivity index (χ2v) is 4.14. The topological polar surface area (TPSA) is 18.5 Å². The van der Waals surface area contributed by atoms with E-state index in [4.69, 9.17) is 9.47 Å². The molecule has 1 aliphatic rings. The molecule has 0 saturated heterocycles. The van der Waals surface area contributed by atoms with Crippen molar-refractivity contribution in [1.29, 1.82) is 0 Å². The molecule has 2 heteroatoms. The first-order valence-corrected chi connectivity index (χ1v) is 6.03. The van der Waals surface area contributed by atoms with Crippen molar-refractivity contribution in [3.8, 4) is 5.75 Å². The van der Waals surface area contributed by atoms with E-state index < -0.39 is 0 Å². The van der Waals surface area contributed by atoms with Gasteiger partial charge >= 0.3 is 0 Å². The number of hydrogen-bond donors (Lipinski definition) is 0. The molecule has 0 saturated carbocycles. The van der Waals surface area contributed by atoms with Crippen LogP contribution < -0.4 is 4.74 Å². The molecule has 0 radical (unpaired) electrons. The summed E-state index contributed by atoms with van der Waals surface area (Å²) in [5.41, 5.74) is 0. The van der Waals surface area contributed by atoms with Crippen LogP contribution in [0.3, 0.4) is 0 Å². The zero-order valence-electron chi connectivity index (χ0n) is 10.1. The maximum atomic E-state index is 5.70. The molecule has 2 nitrogen and oxygen atoms in total. The van der Waals surface area contributed by atoms with Crippen LogP contribution in [0.4, 0.5) is 0 Å². The summed E-state index contributed by atoms with van der Waals surface area (Å²) in [7, 11) is 0. The van der Waals surface area contributed by atoms with E-state index in [0.717, 1.165) is 17.9 Å². The van der Waals surface area contributed by atoms with Crippen LogP contribution in [0.5, 0.6) is 5.75 Å². The molecule has 1 aliphatic carbocycles. The fourth-order valence-electron chi connectivity index (χ4n) is 1.75. The molecule has 0 fully saturated rings. The summed E-state index contributed by atoms with van der Waals surface area (Å²) >= 11 is 0. The highest BCUT2D eigenvalue weighted by Crippen LogP contribution is 2.20. The monoisotopic (exact) mass is 230 g/mol. The van der Waals surface area contributed by atoms with E-state index in [2.05, 4.69) is 13.0 Å². The standard InChI is InChI=1S/C15H18O2/c1-13-7-5-6-10-15(13)17-12-11-16-14-8-3-2-4-9-14/h2-6,8-10,13H,7,11-12H2,1H3. The van der Waals surface area contributed by atoms with Crippen LogP contribution in [0.25, 0.3) is 0 Å². The minimum atomic E-state index is 0.483. The molecule has 0 bridgehead atoms. The van der Waals surface area contributed by atoms with Crippen LogP contribution in [0.2, 0.25) is 0 Å². The van der Waals surface area contributed by atoms with E-state index in [0.29, 0.717) is 19.1 Å². The predicted molar refractivity (Wildman–Crippen MR) is 68.9 cm³/mol. The van der Waals surface area contributed by atoms with Gasteiger partial charge in [0.1, 0.15) is 19.0 Å². The largest absolute Gasteiger partial charge is 0.494 e. The lowest BCUT2D eigenvalue weighted by Crippen LogP contribution is -2.11. The summed E-state index contributed by atoms with van der Waals surface area (Å²) in [6.07, 6.45) is 7.31. The first-order valence-electron chi connectivity index (χ1n) is 6.03. The second-order valence-electron chi connectivity index (χ2n) is 4.14. The van der Waals surface area contributed by atoms with Crippen molar-refractivity contribution in [3.05, 3.63) is 54.3 Å². The molecule has 1 unspecified atom stereocenters. The summed E-state index contributed by atoms with van der Waals surface area (Å²) in [4.78, 5) is 0. The lowest BCUT2D eigenvalue weighted by atomic mass is 10.0. The predicted octanol–water partition coefficient (Wildman–Crippen LogP) is 3.56. The molecule has 1 aromatic rings. The van der Waals surface area contributed by atoms with Gasteiger partial charge < -0.3 is 9.47 Å². The van der Waals surface area contributed by atoms with Crippen LogP contribution in [0, 0.1) is 5.92 Å². The molecule has 1 atom stereocenters. The number of rotatable bonds is 5. The Labute approximate surface area is 103 Å². The van der Waals surface area contributed by atoms with E-state index in [1.807, 2.05) is 42.5 Å². The maximum absolute atomic E-state index is 5.70. The summed E-state index contributed by atoms with van der Waals surface area (Å²) < 4.78 is 11.3. The zero-order valence-corrected chi connectivity index (χ0v) is 10.1. The third kappa shape index (κ3) is 3.66. The third-order valence-corrected chi connectivity index (χ3v) is 2.74. The maximum Gasteiger partial charge on any atom is 0.122 e. The average molecular weight is 230 g/mol. The van der Waals surface area contributed by atoms with Gasteiger partial charge in [-0.1, -0.05) is 37.3 Å². The summed E-state index contributed by atoms with van der Waals surface area (Å²) in [5.74, 6) is 2.43. The highest BCUT2D eigenvalue weighted by molar-refractivity contribution is 5.20. The minimum Gasteiger partial charge on any atom is -0.494 e. The van der Waals surface area contributed by atoms with Crippen molar-refractivity contribution in [2.45, 2.75) is 13.3 Å². The number of allylic oxidation sites excluding steroid dienone is 4. The van der Waals surface area contributed by atoms with Gasteiger partial charge in [0.2, 0.25) is 0 Å². The molecule has 0 spiro atoms. The Morgan fingerprint density at radius 2 is 1.88 bits per heavy atom. The van der Waals surface area contributed by atoms with Gasteiger partial charge in [0, 0.05) is 5.92 Å². The molecule has 2 rings (SSSR count). The van der Waals surface area contributed by atoms with Crippen molar-refractivity contribution in [2.75, 3.05) is 13.2 Å². The number of ether oxygens (including phenoxy) is 2. The number of benzene rings is 1. The molecular weight excluding hydrogens is 212 g/mol. The molecule has 1 aromatic carbocycles. The van der Waals surface area contributed by atoms with Crippen LogP contribution in [-0.2, 0) is 4.74 Å². The lowest BCUT2D eigenvalue weighted by molar-refractivity contribution is 0.136. The Kier molecular flexibility index (Phi) is 4.25. The molecule has 0 amide bonds. The van der Waals surface area contributed by atoms with Gasteiger partial charge in [-0.25, -0.2) is 0 Å². The third-order valence-electron chi connectivity index (χ3n) is 2.74. The molecule has 0 aromatic heterocycles. The quantitative estimate of drug-likeness (QED) is 0.720. The smallest absolute Gasteiger partial charge is 0.122 e. The summed E-state index contributed by atoms with van der Waals surface area (Å²) in [6.45, 7) is 3.35. The average Bonchev–Trinajstić information content (AvgIpc) is 2.38. The summed E-state index contributed by atoms with van der Waals surface area (Å²) in [6, 6.07) is 9.81. The minimum absolute atomic E-state index is 0.483. The molecule has 90 valence electrons. The van der Waals surface area contributed by atoms with Crippen molar-refractivity contribution in [2.24, 2.45) is 5.92 Å². The Morgan fingerprint density at radius 1 is 1.12 bits per heavy atom. The van der Waals surface area contributed by atoms with Gasteiger partial charge in [0.25, 0.3) is 0 Å². The first-order chi connectivity index (χ1) is 8.36. The van der Waals surface area contributed by atoms with Gasteiger partial charge in [-0.15, -0.1) is 0 Å². The Hall–Kier alpha value is -1.70. The van der Waals surface area contributed by atoms with E-state index in [1.165, 1.54) is 0 Å². The van der Waals surface area contributed by atoms with Crippen LogP contribution >= 0.6 is 0 Å². The number of para-hydroxylation sites is 1. The normalized spacial score (nSPS) is 18.6. The van der Waals surface area contributed by atoms with Crippen molar-refractivity contribution in [1.82, 2.24) is 0 Å². The van der Waals surface area contributed by atoms with Gasteiger partial charge in [0.05, 0.1) is 5.76 Å². The molecule has 0 heterocycles. The first kappa shape index (κ1) is 11.8. The van der Waals surface area contributed by atoms with Crippen molar-refractivity contribution in [3.63, 3.8) is 0 Å². The Balaban J connectivity index is 1.70. The van der Waals surface area contributed by atoms with Crippen LogP contribution in [-0.4, -0.2) is 13.2 Å². The SMILES string of the molecule is CC1CC=CC=C1OCCOc1ccccc1. The number of hydrogen-bond acceptors (Lipinski definition) is 2. The van der Waals surface area contributed by atoms with E-state index in [-0.39, 0.29) is 0 Å². The zero-order chi connectivity index (χ0) is 11.9. The fourth-order valence-corrected chi connectivity index (χ4v) is 1.75. The fraction of sp³-hybridized carbons (Fsp3) is 0.333. The van der Waals surface area contributed by atoms with Gasteiger partial charge in [0.15, 0.2) is 0 Å². The Morgan fingerprint density at radius 3 is 2.65 bits per heavy atom. The van der Waals surface area contributed by atoms with Gasteiger partial charge in [-0.2, -0.15) is 0 Å². The van der Waals surface area contributed by atoms with Crippen LogP contribution in [0.1, 0.15) is 13.3 Å². The van der Waals surface area contributed by atoms with E-state index >= 15 is 0 Å². The second kappa shape index (κ2) is 6.14. The van der Waals surface area contributed by atoms with Crippen molar-refractivity contribution >= 4 is 0 Å². The highest BCUT2D eigenvalue weighted by Gasteiger charge is 2.10. The van der Waals surface area contributed by atoms with Gasteiger partial charge in [-0.05, 0) is 24.6 Å². The molecule has 0 N–H and O–H groups in total.